The maximum absolute atomic E-state index is 12.3. The zero-order valence-corrected chi connectivity index (χ0v) is 10.5. The first-order valence-corrected chi connectivity index (χ1v) is 6.01. The number of rotatable bonds is 3. The summed E-state index contributed by atoms with van der Waals surface area (Å²) >= 11 is 2.26. The number of benzene rings is 1. The number of halogens is 4. The summed E-state index contributed by atoms with van der Waals surface area (Å²) in [6, 6.07) is 5.43. The molecule has 0 nitrogen and oxygen atoms in total. The summed E-state index contributed by atoms with van der Waals surface area (Å²) < 4.78 is 37.1. The van der Waals surface area contributed by atoms with Crippen molar-refractivity contribution in [3.05, 3.63) is 35.4 Å². The van der Waals surface area contributed by atoms with Gasteiger partial charge in [-0.15, -0.1) is 0 Å². The van der Waals surface area contributed by atoms with Gasteiger partial charge in [-0.05, 0) is 24.1 Å². The van der Waals surface area contributed by atoms with Gasteiger partial charge in [0, 0.05) is 3.92 Å². The average molecular weight is 328 g/mol. The molecule has 0 saturated heterocycles. The maximum atomic E-state index is 12.3. The Morgan fingerprint density at radius 1 is 1.20 bits per heavy atom. The van der Waals surface area contributed by atoms with Gasteiger partial charge in [-0.2, -0.15) is 13.2 Å². The van der Waals surface area contributed by atoms with Crippen LogP contribution in [0.5, 0.6) is 0 Å². The van der Waals surface area contributed by atoms with E-state index in [2.05, 4.69) is 29.5 Å². The maximum Gasteiger partial charge on any atom is 0.416 e. The summed E-state index contributed by atoms with van der Waals surface area (Å²) in [7, 11) is 0. The van der Waals surface area contributed by atoms with E-state index in [1.165, 1.54) is 0 Å². The van der Waals surface area contributed by atoms with Gasteiger partial charge in [0.2, 0.25) is 0 Å². The minimum absolute atomic E-state index is 0.301. The summed E-state index contributed by atoms with van der Waals surface area (Å²) in [6.07, 6.45) is -2.20. The topological polar surface area (TPSA) is 0 Å². The molecule has 0 heterocycles. The van der Waals surface area contributed by atoms with Crippen LogP contribution in [0.25, 0.3) is 0 Å². The lowest BCUT2D eigenvalue weighted by Crippen LogP contribution is -2.04. The Labute approximate surface area is 101 Å². The molecule has 4 heteroatoms. The van der Waals surface area contributed by atoms with E-state index in [0.717, 1.165) is 30.5 Å². The Kier molecular flexibility index (Phi) is 4.43. The SMILES string of the molecule is CCCC(I)c1ccc(C(F)(F)F)cc1. The molecule has 1 aromatic carbocycles. The van der Waals surface area contributed by atoms with Crippen molar-refractivity contribution >= 4 is 22.6 Å². The predicted octanol–water partition coefficient (Wildman–Crippen LogP) is 4.98. The van der Waals surface area contributed by atoms with Gasteiger partial charge in [0.05, 0.1) is 5.56 Å². The standard InChI is InChI=1S/C11H12F3I/c1-2-3-10(15)8-4-6-9(7-5-8)11(12,13)14/h4-7,10H,2-3H2,1H3. The minimum atomic E-state index is -4.23. The molecule has 1 atom stereocenters. The Hall–Kier alpha value is -0.260. The highest BCUT2D eigenvalue weighted by Gasteiger charge is 2.30. The van der Waals surface area contributed by atoms with Gasteiger partial charge in [-0.1, -0.05) is 48.1 Å². The molecule has 84 valence electrons. The number of alkyl halides is 4. The fourth-order valence-corrected chi connectivity index (χ4v) is 2.34. The summed E-state index contributed by atoms with van der Waals surface area (Å²) in [5.41, 5.74) is 0.386. The van der Waals surface area contributed by atoms with E-state index in [0.29, 0.717) is 3.92 Å². The second-order valence-corrected chi connectivity index (χ2v) is 4.88. The van der Waals surface area contributed by atoms with E-state index in [1.807, 2.05) is 0 Å². The van der Waals surface area contributed by atoms with Gasteiger partial charge in [0.25, 0.3) is 0 Å². The molecule has 0 aliphatic heterocycles. The van der Waals surface area contributed by atoms with Crippen molar-refractivity contribution in [2.24, 2.45) is 0 Å². The minimum Gasteiger partial charge on any atom is -0.166 e. The van der Waals surface area contributed by atoms with Crippen LogP contribution >= 0.6 is 22.6 Å². The van der Waals surface area contributed by atoms with Gasteiger partial charge >= 0.3 is 6.18 Å². The first kappa shape index (κ1) is 12.8. The Balaban J connectivity index is 2.81. The second kappa shape index (κ2) is 5.18. The van der Waals surface area contributed by atoms with E-state index >= 15 is 0 Å². The average Bonchev–Trinajstić information content (AvgIpc) is 2.17. The molecule has 0 saturated carbocycles. The van der Waals surface area contributed by atoms with E-state index < -0.39 is 11.7 Å². The highest BCUT2D eigenvalue weighted by Crippen LogP contribution is 2.32. The number of hydrogen-bond donors (Lipinski definition) is 0. The van der Waals surface area contributed by atoms with Gasteiger partial charge < -0.3 is 0 Å². The predicted molar refractivity (Wildman–Crippen MR) is 63.1 cm³/mol. The third kappa shape index (κ3) is 3.66. The van der Waals surface area contributed by atoms with Crippen molar-refractivity contribution in [3.8, 4) is 0 Å². The largest absolute Gasteiger partial charge is 0.416 e. The summed E-state index contributed by atoms with van der Waals surface area (Å²) in [4.78, 5) is 0. The number of hydrogen-bond acceptors (Lipinski definition) is 0. The van der Waals surface area contributed by atoms with Crippen LogP contribution in [0.2, 0.25) is 0 Å². The molecule has 0 radical (unpaired) electrons. The van der Waals surface area contributed by atoms with Crippen molar-refractivity contribution in [2.75, 3.05) is 0 Å². The molecule has 0 aliphatic rings. The zero-order valence-electron chi connectivity index (χ0n) is 8.31. The lowest BCUT2D eigenvalue weighted by atomic mass is 10.1. The van der Waals surface area contributed by atoms with Crippen LogP contribution in [0.1, 0.15) is 34.8 Å². The lowest BCUT2D eigenvalue weighted by molar-refractivity contribution is -0.137. The Bertz CT molecular complexity index is 303. The van der Waals surface area contributed by atoms with Gasteiger partial charge in [-0.25, -0.2) is 0 Å². The molecule has 0 amide bonds. The van der Waals surface area contributed by atoms with Crippen LogP contribution in [0, 0.1) is 0 Å². The summed E-state index contributed by atoms with van der Waals surface area (Å²) in [5.74, 6) is 0. The zero-order chi connectivity index (χ0) is 11.5. The molecular weight excluding hydrogens is 316 g/mol. The summed E-state index contributed by atoms with van der Waals surface area (Å²) in [6.45, 7) is 2.07. The molecule has 15 heavy (non-hydrogen) atoms. The lowest BCUT2D eigenvalue weighted by Gasteiger charge is -2.11. The van der Waals surface area contributed by atoms with Gasteiger partial charge in [0.15, 0.2) is 0 Å². The fourth-order valence-electron chi connectivity index (χ4n) is 1.30. The van der Waals surface area contributed by atoms with Crippen molar-refractivity contribution in [1.82, 2.24) is 0 Å². The molecule has 0 aliphatic carbocycles. The van der Waals surface area contributed by atoms with Crippen molar-refractivity contribution in [3.63, 3.8) is 0 Å². The molecule has 1 unspecified atom stereocenters. The highest BCUT2D eigenvalue weighted by atomic mass is 127. The van der Waals surface area contributed by atoms with Crippen LogP contribution in [0.3, 0.4) is 0 Å². The molecule has 0 fully saturated rings. The van der Waals surface area contributed by atoms with Gasteiger partial charge in [-0.3, -0.25) is 0 Å². The smallest absolute Gasteiger partial charge is 0.166 e. The first-order valence-electron chi connectivity index (χ1n) is 4.76. The monoisotopic (exact) mass is 328 g/mol. The fraction of sp³-hybridized carbons (Fsp3) is 0.455. The Morgan fingerprint density at radius 3 is 2.13 bits per heavy atom. The van der Waals surface area contributed by atoms with Gasteiger partial charge in [0.1, 0.15) is 0 Å². The third-order valence-corrected chi connectivity index (χ3v) is 3.48. The third-order valence-electron chi connectivity index (χ3n) is 2.14. The molecule has 0 aromatic heterocycles. The Morgan fingerprint density at radius 2 is 1.73 bits per heavy atom. The second-order valence-electron chi connectivity index (χ2n) is 3.38. The quantitative estimate of drug-likeness (QED) is 0.542. The molecular formula is C11H12F3I. The van der Waals surface area contributed by atoms with Crippen molar-refractivity contribution in [1.29, 1.82) is 0 Å². The van der Waals surface area contributed by atoms with Crippen molar-refractivity contribution < 1.29 is 13.2 Å². The molecule has 0 bridgehead atoms. The van der Waals surface area contributed by atoms with E-state index in [1.54, 1.807) is 12.1 Å². The van der Waals surface area contributed by atoms with E-state index in [-0.39, 0.29) is 0 Å². The highest BCUT2D eigenvalue weighted by molar-refractivity contribution is 14.1. The van der Waals surface area contributed by atoms with Crippen LogP contribution in [0.4, 0.5) is 13.2 Å². The van der Waals surface area contributed by atoms with Crippen molar-refractivity contribution in [2.45, 2.75) is 29.9 Å². The molecule has 0 N–H and O–H groups in total. The van der Waals surface area contributed by atoms with Crippen LogP contribution in [-0.2, 0) is 6.18 Å². The van der Waals surface area contributed by atoms with E-state index in [4.69, 9.17) is 0 Å². The molecule has 0 spiro atoms. The first-order chi connectivity index (χ1) is 6.95. The van der Waals surface area contributed by atoms with Crippen LogP contribution in [-0.4, -0.2) is 0 Å². The molecule has 1 aromatic rings. The van der Waals surface area contributed by atoms with Crippen LogP contribution < -0.4 is 0 Å². The van der Waals surface area contributed by atoms with Crippen LogP contribution in [0.15, 0.2) is 24.3 Å². The molecule has 1 rings (SSSR count). The normalized spacial score (nSPS) is 13.9. The summed E-state index contributed by atoms with van der Waals surface area (Å²) in [5, 5.41) is 0. The van der Waals surface area contributed by atoms with E-state index in [9.17, 15) is 13.2 Å².